The van der Waals surface area contributed by atoms with Crippen LogP contribution in [0.1, 0.15) is 48.5 Å². The molecular weight excluding hydrogens is 302 g/mol. The quantitative estimate of drug-likeness (QED) is 0.863. The summed E-state index contributed by atoms with van der Waals surface area (Å²) in [6, 6.07) is 6.45. The topological polar surface area (TPSA) is 52.6 Å². The minimum atomic E-state index is -0.0442. The van der Waals surface area contributed by atoms with Gasteiger partial charge in [0, 0.05) is 42.8 Å². The third-order valence-electron chi connectivity index (χ3n) is 5.71. The molecular formula is C19H25N3O2. The molecule has 1 aromatic rings. The first-order valence-corrected chi connectivity index (χ1v) is 9.09. The number of hydrogen-bond donors (Lipinski definition) is 1. The van der Waals surface area contributed by atoms with E-state index in [9.17, 15) is 9.59 Å². The van der Waals surface area contributed by atoms with Gasteiger partial charge in [-0.05, 0) is 56.8 Å². The number of ketones is 1. The van der Waals surface area contributed by atoms with Gasteiger partial charge in [-0.3, -0.25) is 9.69 Å². The van der Waals surface area contributed by atoms with Gasteiger partial charge in [-0.15, -0.1) is 0 Å². The molecule has 5 nitrogen and oxygen atoms in total. The van der Waals surface area contributed by atoms with Crippen LogP contribution < -0.4 is 5.32 Å². The van der Waals surface area contributed by atoms with Crippen LogP contribution in [0.2, 0.25) is 0 Å². The van der Waals surface area contributed by atoms with Gasteiger partial charge < -0.3 is 10.2 Å². The molecule has 2 amide bonds. The predicted molar refractivity (Wildman–Crippen MR) is 93.5 cm³/mol. The first-order chi connectivity index (χ1) is 11.6. The number of fused-ring (bicyclic) bond motifs is 2. The van der Waals surface area contributed by atoms with Crippen molar-refractivity contribution in [1.82, 2.24) is 9.80 Å². The molecule has 5 heteroatoms. The zero-order valence-corrected chi connectivity index (χ0v) is 14.3. The van der Waals surface area contributed by atoms with Crippen molar-refractivity contribution in [2.75, 3.05) is 25.0 Å². The zero-order chi connectivity index (χ0) is 16.7. The van der Waals surface area contributed by atoms with Crippen LogP contribution >= 0.6 is 0 Å². The Kier molecular flexibility index (Phi) is 4.04. The molecule has 0 saturated carbocycles. The summed E-state index contributed by atoms with van der Waals surface area (Å²) < 4.78 is 0. The van der Waals surface area contributed by atoms with E-state index in [-0.39, 0.29) is 17.9 Å². The number of amides is 2. The number of hydrogen-bond acceptors (Lipinski definition) is 3. The summed E-state index contributed by atoms with van der Waals surface area (Å²) in [4.78, 5) is 29.3. The van der Waals surface area contributed by atoms with E-state index < -0.39 is 0 Å². The molecule has 1 aromatic carbocycles. The van der Waals surface area contributed by atoms with Crippen molar-refractivity contribution in [1.29, 1.82) is 0 Å². The molecule has 0 aromatic heterocycles. The molecule has 3 aliphatic rings. The minimum absolute atomic E-state index is 0.0442. The third kappa shape index (κ3) is 2.81. The number of Topliss-reactive ketones (excluding diaryl/α,β-unsaturated/α-hetero) is 1. The van der Waals surface area contributed by atoms with Gasteiger partial charge in [-0.25, -0.2) is 4.79 Å². The highest BCUT2D eigenvalue weighted by Crippen LogP contribution is 2.27. The Balaban J connectivity index is 1.48. The summed E-state index contributed by atoms with van der Waals surface area (Å²) in [6.45, 7) is 5.04. The second kappa shape index (κ2) is 6.20. The number of anilines is 1. The summed E-state index contributed by atoms with van der Waals surface area (Å²) in [5.74, 6) is 0.195. The molecule has 0 spiro atoms. The van der Waals surface area contributed by atoms with Crippen LogP contribution in [-0.2, 0) is 6.42 Å². The van der Waals surface area contributed by atoms with E-state index in [0.29, 0.717) is 12.5 Å². The number of aryl methyl sites for hydroxylation is 1. The summed E-state index contributed by atoms with van der Waals surface area (Å²) in [5, 5.41) is 3.01. The Bertz CT molecular complexity index is 673. The number of rotatable bonds is 1. The molecule has 1 N–H and O–H groups in total. The molecule has 1 aliphatic carbocycles. The molecule has 128 valence electrons. The summed E-state index contributed by atoms with van der Waals surface area (Å²) in [7, 11) is 0. The number of nitrogens with zero attached hydrogens (tertiary/aromatic N) is 2. The van der Waals surface area contributed by atoms with Gasteiger partial charge in [0.15, 0.2) is 5.78 Å². The lowest BCUT2D eigenvalue weighted by molar-refractivity contribution is 0.0861. The number of carbonyl (C=O) groups is 2. The van der Waals surface area contributed by atoms with Gasteiger partial charge in [0.1, 0.15) is 0 Å². The highest BCUT2D eigenvalue weighted by atomic mass is 16.2. The second-order valence-corrected chi connectivity index (χ2v) is 7.37. The fourth-order valence-electron chi connectivity index (χ4n) is 4.37. The molecule has 24 heavy (non-hydrogen) atoms. The standard InChI is InChI=1S/C19H25N3O2/c1-13-11-21-9-3-5-16(21)12-22(13)19(24)20-15-8-7-14-4-2-6-18(23)17(14)10-15/h7-8,10,13,16H,2-6,9,11-12H2,1H3,(H,20,24). The Labute approximate surface area is 143 Å². The van der Waals surface area contributed by atoms with Crippen molar-refractivity contribution in [3.05, 3.63) is 29.3 Å². The lowest BCUT2D eigenvalue weighted by atomic mass is 9.90. The van der Waals surface area contributed by atoms with Crippen LogP contribution in [0.15, 0.2) is 18.2 Å². The molecule has 2 aliphatic heterocycles. The van der Waals surface area contributed by atoms with Gasteiger partial charge >= 0.3 is 6.03 Å². The second-order valence-electron chi connectivity index (χ2n) is 7.37. The average Bonchev–Trinajstić information content (AvgIpc) is 3.02. The largest absolute Gasteiger partial charge is 0.322 e. The number of benzene rings is 1. The summed E-state index contributed by atoms with van der Waals surface area (Å²) >= 11 is 0. The molecule has 2 fully saturated rings. The van der Waals surface area contributed by atoms with E-state index in [4.69, 9.17) is 0 Å². The highest BCUT2D eigenvalue weighted by molar-refractivity contribution is 6.00. The third-order valence-corrected chi connectivity index (χ3v) is 5.71. The van der Waals surface area contributed by atoms with Crippen LogP contribution in [0.4, 0.5) is 10.5 Å². The smallest absolute Gasteiger partial charge is 0.319 e. The van der Waals surface area contributed by atoms with Crippen LogP contribution in [-0.4, -0.2) is 53.3 Å². The van der Waals surface area contributed by atoms with Crippen molar-refractivity contribution in [2.45, 2.75) is 51.1 Å². The van der Waals surface area contributed by atoms with Crippen LogP contribution in [0, 0.1) is 0 Å². The van der Waals surface area contributed by atoms with E-state index in [0.717, 1.165) is 49.3 Å². The van der Waals surface area contributed by atoms with Crippen molar-refractivity contribution in [3.8, 4) is 0 Å². The number of carbonyl (C=O) groups excluding carboxylic acids is 2. The molecule has 0 bridgehead atoms. The van der Waals surface area contributed by atoms with Crippen molar-refractivity contribution >= 4 is 17.5 Å². The predicted octanol–water partition coefficient (Wildman–Crippen LogP) is 2.91. The molecule has 2 saturated heterocycles. The first kappa shape index (κ1) is 15.6. The van der Waals surface area contributed by atoms with E-state index in [1.165, 1.54) is 12.8 Å². The fourth-order valence-corrected chi connectivity index (χ4v) is 4.37. The Morgan fingerprint density at radius 1 is 1.21 bits per heavy atom. The Morgan fingerprint density at radius 3 is 2.96 bits per heavy atom. The minimum Gasteiger partial charge on any atom is -0.319 e. The number of piperazine rings is 1. The van der Waals surface area contributed by atoms with Crippen LogP contribution in [0.3, 0.4) is 0 Å². The summed E-state index contributed by atoms with van der Waals surface area (Å²) in [6.07, 6.45) is 4.92. The SMILES string of the molecule is CC1CN2CCCC2CN1C(=O)Nc1ccc2c(c1)C(=O)CCC2. The maximum absolute atomic E-state index is 12.7. The van der Waals surface area contributed by atoms with E-state index in [1.807, 2.05) is 23.1 Å². The molecule has 2 unspecified atom stereocenters. The monoisotopic (exact) mass is 327 g/mol. The van der Waals surface area contributed by atoms with Crippen LogP contribution in [0.25, 0.3) is 0 Å². The summed E-state index contributed by atoms with van der Waals surface area (Å²) in [5.41, 5.74) is 2.62. The number of nitrogens with one attached hydrogen (secondary N) is 1. The van der Waals surface area contributed by atoms with Crippen LogP contribution in [0.5, 0.6) is 0 Å². The van der Waals surface area contributed by atoms with E-state index in [2.05, 4.69) is 17.1 Å². The van der Waals surface area contributed by atoms with E-state index in [1.54, 1.807) is 0 Å². The van der Waals surface area contributed by atoms with E-state index >= 15 is 0 Å². The fraction of sp³-hybridized carbons (Fsp3) is 0.579. The maximum atomic E-state index is 12.7. The number of urea groups is 1. The van der Waals surface area contributed by atoms with Gasteiger partial charge in [-0.2, -0.15) is 0 Å². The molecule has 2 heterocycles. The zero-order valence-electron chi connectivity index (χ0n) is 14.3. The molecule has 0 radical (unpaired) electrons. The lowest BCUT2D eigenvalue weighted by Gasteiger charge is -2.42. The van der Waals surface area contributed by atoms with Gasteiger partial charge in [0.2, 0.25) is 0 Å². The van der Waals surface area contributed by atoms with Crippen molar-refractivity contribution < 1.29 is 9.59 Å². The lowest BCUT2D eigenvalue weighted by Crippen LogP contribution is -2.57. The Morgan fingerprint density at radius 2 is 2.08 bits per heavy atom. The normalized spacial score (nSPS) is 26.9. The molecule has 4 rings (SSSR count). The van der Waals surface area contributed by atoms with Crippen molar-refractivity contribution in [2.24, 2.45) is 0 Å². The van der Waals surface area contributed by atoms with Crippen molar-refractivity contribution in [3.63, 3.8) is 0 Å². The van der Waals surface area contributed by atoms with Gasteiger partial charge in [0.25, 0.3) is 0 Å². The maximum Gasteiger partial charge on any atom is 0.322 e. The first-order valence-electron chi connectivity index (χ1n) is 9.09. The Hall–Kier alpha value is -1.88. The average molecular weight is 327 g/mol. The van der Waals surface area contributed by atoms with Gasteiger partial charge in [0.05, 0.1) is 0 Å². The van der Waals surface area contributed by atoms with Gasteiger partial charge in [-0.1, -0.05) is 6.07 Å². The highest BCUT2D eigenvalue weighted by Gasteiger charge is 2.36. The molecule has 2 atom stereocenters.